The topological polar surface area (TPSA) is 62.2 Å². The molecule has 124 valence electrons. The maximum Gasteiger partial charge on any atom is 0.263 e. The zero-order valence-electron chi connectivity index (χ0n) is 12.3. The van der Waals surface area contributed by atoms with Crippen molar-refractivity contribution in [1.29, 1.82) is 0 Å². The summed E-state index contributed by atoms with van der Waals surface area (Å²) >= 11 is 1.21. The molecule has 1 amide bonds. The number of carbonyl (C=O) groups is 1. The minimum absolute atomic E-state index is 0.0597. The van der Waals surface area contributed by atoms with Crippen LogP contribution in [0.25, 0.3) is 0 Å². The largest absolute Gasteiger partial charge is 0.394 e. The molecule has 23 heavy (non-hydrogen) atoms. The summed E-state index contributed by atoms with van der Waals surface area (Å²) in [6, 6.07) is 0.438. The normalized spacial score (nSPS) is 12.2. The Labute approximate surface area is 135 Å². The molecular weight excluding hydrogens is 329 g/mol. The first kappa shape index (κ1) is 17.4. The minimum atomic E-state index is -1.59. The highest BCUT2D eigenvalue weighted by Gasteiger charge is 2.20. The molecule has 1 atom stereocenters. The molecular formula is C15H15F3N2O2S. The lowest BCUT2D eigenvalue weighted by molar-refractivity contribution is 0.0919. The summed E-state index contributed by atoms with van der Waals surface area (Å²) in [5, 5.41) is 12.6. The number of halogens is 3. The molecule has 0 fully saturated rings. The van der Waals surface area contributed by atoms with Crippen molar-refractivity contribution in [2.45, 2.75) is 25.8 Å². The van der Waals surface area contributed by atoms with E-state index in [0.717, 1.165) is 30.0 Å². The van der Waals surface area contributed by atoms with Gasteiger partial charge in [0.2, 0.25) is 0 Å². The summed E-state index contributed by atoms with van der Waals surface area (Å²) in [6.07, 6.45) is 3.04. The van der Waals surface area contributed by atoms with Crippen molar-refractivity contribution in [1.82, 2.24) is 10.3 Å². The first-order valence-electron chi connectivity index (χ1n) is 6.97. The van der Waals surface area contributed by atoms with Crippen molar-refractivity contribution < 1.29 is 23.1 Å². The quantitative estimate of drug-likeness (QED) is 0.792. The molecule has 1 heterocycles. The van der Waals surface area contributed by atoms with Crippen molar-refractivity contribution in [3.05, 3.63) is 51.2 Å². The predicted molar refractivity (Wildman–Crippen MR) is 79.7 cm³/mol. The number of benzene rings is 1. The van der Waals surface area contributed by atoms with Crippen LogP contribution < -0.4 is 5.32 Å². The van der Waals surface area contributed by atoms with Gasteiger partial charge in [0.25, 0.3) is 5.91 Å². The number of aryl methyl sites for hydroxylation is 1. The van der Waals surface area contributed by atoms with E-state index in [2.05, 4.69) is 10.3 Å². The van der Waals surface area contributed by atoms with Crippen LogP contribution in [0.1, 0.15) is 39.6 Å². The second-order valence-electron chi connectivity index (χ2n) is 4.88. The molecule has 0 saturated heterocycles. The Bertz CT molecular complexity index is 683. The van der Waals surface area contributed by atoms with Crippen LogP contribution in [0.3, 0.4) is 0 Å². The molecule has 8 heteroatoms. The van der Waals surface area contributed by atoms with Crippen LogP contribution in [-0.4, -0.2) is 22.6 Å². The maximum absolute atomic E-state index is 13.3. The van der Waals surface area contributed by atoms with E-state index in [1.165, 1.54) is 17.5 Å². The number of aliphatic hydroxyl groups is 1. The van der Waals surface area contributed by atoms with Crippen LogP contribution in [0, 0.1) is 17.5 Å². The SMILES string of the molecule is CCCc1ncc(C(=O)NC(CO)c2cc(F)c(F)c(F)c2)s1. The number of hydrogen-bond acceptors (Lipinski definition) is 4. The Balaban J connectivity index is 2.16. The summed E-state index contributed by atoms with van der Waals surface area (Å²) < 4.78 is 39.5. The van der Waals surface area contributed by atoms with E-state index in [9.17, 15) is 23.1 Å². The fraction of sp³-hybridized carbons (Fsp3) is 0.333. The van der Waals surface area contributed by atoms with Crippen molar-refractivity contribution in [2.75, 3.05) is 6.61 Å². The lowest BCUT2D eigenvalue weighted by Gasteiger charge is -2.16. The van der Waals surface area contributed by atoms with Gasteiger partial charge in [0.15, 0.2) is 17.5 Å². The van der Waals surface area contributed by atoms with Gasteiger partial charge in [-0.3, -0.25) is 4.79 Å². The van der Waals surface area contributed by atoms with Gasteiger partial charge in [-0.2, -0.15) is 0 Å². The lowest BCUT2D eigenvalue weighted by atomic mass is 10.1. The van der Waals surface area contributed by atoms with Crippen molar-refractivity contribution >= 4 is 17.2 Å². The van der Waals surface area contributed by atoms with E-state index in [1.54, 1.807) is 0 Å². The average molecular weight is 344 g/mol. The molecule has 0 aliphatic rings. The second kappa shape index (κ2) is 7.56. The zero-order chi connectivity index (χ0) is 17.0. The Kier molecular flexibility index (Phi) is 5.73. The van der Waals surface area contributed by atoms with E-state index < -0.39 is 36.0 Å². The van der Waals surface area contributed by atoms with Gasteiger partial charge in [0.1, 0.15) is 4.88 Å². The summed E-state index contributed by atoms with van der Waals surface area (Å²) in [5.41, 5.74) is -0.0597. The van der Waals surface area contributed by atoms with Crippen molar-refractivity contribution in [3.8, 4) is 0 Å². The Morgan fingerprint density at radius 3 is 2.57 bits per heavy atom. The number of rotatable bonds is 6. The van der Waals surface area contributed by atoms with Gasteiger partial charge in [0, 0.05) is 0 Å². The van der Waals surface area contributed by atoms with Gasteiger partial charge in [-0.25, -0.2) is 18.2 Å². The molecule has 4 nitrogen and oxygen atoms in total. The van der Waals surface area contributed by atoms with Gasteiger partial charge in [0.05, 0.1) is 23.9 Å². The molecule has 1 aromatic carbocycles. The zero-order valence-corrected chi connectivity index (χ0v) is 13.1. The molecule has 0 spiro atoms. The number of amides is 1. The highest BCUT2D eigenvalue weighted by Crippen LogP contribution is 2.21. The third-order valence-electron chi connectivity index (χ3n) is 3.14. The lowest BCUT2D eigenvalue weighted by Crippen LogP contribution is -2.30. The molecule has 2 rings (SSSR count). The second-order valence-corrected chi connectivity index (χ2v) is 5.99. The van der Waals surface area contributed by atoms with E-state index >= 15 is 0 Å². The monoisotopic (exact) mass is 344 g/mol. The summed E-state index contributed by atoms with van der Waals surface area (Å²) in [4.78, 5) is 16.6. The van der Waals surface area contributed by atoms with Gasteiger partial charge in [-0.1, -0.05) is 6.92 Å². The fourth-order valence-electron chi connectivity index (χ4n) is 1.98. The Morgan fingerprint density at radius 2 is 2.00 bits per heavy atom. The van der Waals surface area contributed by atoms with E-state index in [0.29, 0.717) is 4.88 Å². The van der Waals surface area contributed by atoms with Gasteiger partial charge in [-0.15, -0.1) is 11.3 Å². The fourth-order valence-corrected chi connectivity index (χ4v) is 2.91. The highest BCUT2D eigenvalue weighted by atomic mass is 32.1. The maximum atomic E-state index is 13.3. The molecule has 0 radical (unpaired) electrons. The van der Waals surface area contributed by atoms with E-state index in [1.807, 2.05) is 6.92 Å². The minimum Gasteiger partial charge on any atom is -0.394 e. The number of hydrogen-bond donors (Lipinski definition) is 2. The molecule has 0 aliphatic carbocycles. The van der Waals surface area contributed by atoms with E-state index in [-0.39, 0.29) is 5.56 Å². The molecule has 0 bridgehead atoms. The molecule has 2 aromatic rings. The van der Waals surface area contributed by atoms with E-state index in [4.69, 9.17) is 0 Å². The summed E-state index contributed by atoms with van der Waals surface area (Å²) in [6.45, 7) is 1.40. The number of nitrogens with one attached hydrogen (secondary N) is 1. The smallest absolute Gasteiger partial charge is 0.263 e. The van der Waals surface area contributed by atoms with Crippen LogP contribution in [0.2, 0.25) is 0 Å². The number of aliphatic hydroxyl groups excluding tert-OH is 1. The van der Waals surface area contributed by atoms with Crippen LogP contribution in [0.5, 0.6) is 0 Å². The third kappa shape index (κ3) is 4.08. The number of thiazole rings is 1. The summed E-state index contributed by atoms with van der Waals surface area (Å²) in [5.74, 6) is -4.87. The predicted octanol–water partition coefficient (Wildman–Crippen LogP) is 2.98. The molecule has 0 saturated carbocycles. The Morgan fingerprint density at radius 1 is 1.35 bits per heavy atom. The van der Waals surface area contributed by atoms with Crippen molar-refractivity contribution in [2.24, 2.45) is 0 Å². The Hall–Kier alpha value is -1.93. The van der Waals surface area contributed by atoms with Crippen LogP contribution in [-0.2, 0) is 6.42 Å². The van der Waals surface area contributed by atoms with Gasteiger partial charge >= 0.3 is 0 Å². The number of nitrogens with zero attached hydrogens (tertiary/aromatic N) is 1. The van der Waals surface area contributed by atoms with Gasteiger partial charge < -0.3 is 10.4 Å². The third-order valence-corrected chi connectivity index (χ3v) is 4.19. The molecule has 1 aromatic heterocycles. The standard InChI is InChI=1S/C15H15F3N2O2S/c1-2-3-13-19-6-12(23-13)15(22)20-11(7-21)8-4-9(16)14(18)10(17)5-8/h4-6,11,21H,2-3,7H2,1H3,(H,20,22). The first-order chi connectivity index (χ1) is 11.0. The van der Waals surface area contributed by atoms with Crippen LogP contribution in [0.15, 0.2) is 18.3 Å². The van der Waals surface area contributed by atoms with Crippen LogP contribution in [0.4, 0.5) is 13.2 Å². The van der Waals surface area contributed by atoms with Gasteiger partial charge in [-0.05, 0) is 30.5 Å². The van der Waals surface area contributed by atoms with Crippen LogP contribution >= 0.6 is 11.3 Å². The average Bonchev–Trinajstić information content (AvgIpc) is 2.98. The summed E-state index contributed by atoms with van der Waals surface area (Å²) in [7, 11) is 0. The highest BCUT2D eigenvalue weighted by molar-refractivity contribution is 7.13. The number of carbonyl (C=O) groups excluding carboxylic acids is 1. The molecule has 2 N–H and O–H groups in total. The molecule has 0 aliphatic heterocycles. The molecule has 1 unspecified atom stereocenters. The van der Waals surface area contributed by atoms with Crippen molar-refractivity contribution in [3.63, 3.8) is 0 Å². The first-order valence-corrected chi connectivity index (χ1v) is 7.78. The number of aromatic nitrogens is 1.